The zero-order valence-electron chi connectivity index (χ0n) is 11.1. The van der Waals surface area contributed by atoms with Gasteiger partial charge >= 0.3 is 0 Å². The number of rotatable bonds is 3. The fraction of sp³-hybridized carbons (Fsp3) is 0.500. The smallest absolute Gasteiger partial charge is 0.201 e. The van der Waals surface area contributed by atoms with Gasteiger partial charge in [-0.05, 0) is 45.0 Å². The number of likely N-dealkylation sites (tertiary alicyclic amines) is 1. The summed E-state index contributed by atoms with van der Waals surface area (Å²) in [6.45, 7) is 5.59. The number of para-hydroxylation sites is 1. The predicted molar refractivity (Wildman–Crippen MR) is 79.5 cm³/mol. The minimum atomic E-state index is 0.307. The second-order valence-corrected chi connectivity index (χ2v) is 5.71. The topological polar surface area (TPSA) is 47.1 Å². The highest BCUT2D eigenvalue weighted by atomic mass is 35.5. The van der Waals surface area contributed by atoms with Crippen LogP contribution in [0.15, 0.2) is 18.2 Å². The molecular weight excluding hydrogens is 260 g/mol. The first-order chi connectivity index (χ1) is 9.16. The summed E-state index contributed by atoms with van der Waals surface area (Å²) >= 11 is 6.18. The van der Waals surface area contributed by atoms with Crippen LogP contribution in [0.25, 0.3) is 11.0 Å². The van der Waals surface area contributed by atoms with E-state index in [0.717, 1.165) is 17.6 Å². The number of hydrogen-bond donors (Lipinski definition) is 1. The Labute approximate surface area is 118 Å². The largest absolute Gasteiger partial charge is 0.369 e. The zero-order chi connectivity index (χ0) is 13.4. The van der Waals surface area contributed by atoms with Gasteiger partial charge in [0.25, 0.3) is 0 Å². The summed E-state index contributed by atoms with van der Waals surface area (Å²) in [4.78, 5) is 6.89. The molecule has 2 heterocycles. The summed E-state index contributed by atoms with van der Waals surface area (Å²) in [5, 5.41) is 0.663. The van der Waals surface area contributed by atoms with E-state index in [1.807, 2.05) is 18.2 Å². The maximum atomic E-state index is 6.18. The number of nitrogens with zero attached hydrogens (tertiary/aromatic N) is 3. The Kier molecular flexibility index (Phi) is 3.37. The maximum absolute atomic E-state index is 6.18. The van der Waals surface area contributed by atoms with Crippen molar-refractivity contribution in [3.63, 3.8) is 0 Å². The molecule has 1 aliphatic rings. The van der Waals surface area contributed by atoms with Gasteiger partial charge < -0.3 is 15.2 Å². The van der Waals surface area contributed by atoms with E-state index in [0.29, 0.717) is 17.0 Å². The van der Waals surface area contributed by atoms with Gasteiger partial charge in [-0.1, -0.05) is 17.7 Å². The van der Waals surface area contributed by atoms with E-state index >= 15 is 0 Å². The Morgan fingerprint density at radius 1 is 1.37 bits per heavy atom. The molecule has 4 nitrogen and oxygen atoms in total. The van der Waals surface area contributed by atoms with Gasteiger partial charge in [-0.3, -0.25) is 0 Å². The van der Waals surface area contributed by atoms with Gasteiger partial charge in [0, 0.05) is 12.6 Å². The molecule has 0 aliphatic carbocycles. The van der Waals surface area contributed by atoms with Crippen LogP contribution in [0.3, 0.4) is 0 Å². The second-order valence-electron chi connectivity index (χ2n) is 5.30. The number of anilines is 1. The highest BCUT2D eigenvalue weighted by molar-refractivity contribution is 6.35. The van der Waals surface area contributed by atoms with Crippen molar-refractivity contribution in [3.8, 4) is 0 Å². The van der Waals surface area contributed by atoms with Crippen molar-refractivity contribution < 1.29 is 0 Å². The lowest BCUT2D eigenvalue weighted by Crippen LogP contribution is -2.27. The lowest BCUT2D eigenvalue weighted by Gasteiger charge is -2.22. The zero-order valence-corrected chi connectivity index (χ0v) is 11.9. The molecule has 0 saturated carbocycles. The molecule has 1 aliphatic heterocycles. The molecule has 1 aromatic heterocycles. The minimum Gasteiger partial charge on any atom is -0.369 e. The van der Waals surface area contributed by atoms with Crippen LogP contribution in [0, 0.1) is 0 Å². The molecule has 0 bridgehead atoms. The quantitative estimate of drug-likeness (QED) is 0.939. The molecule has 2 N–H and O–H groups in total. The normalized spacial score (nSPS) is 18.2. The molecule has 0 radical (unpaired) electrons. The number of imidazole rings is 1. The van der Waals surface area contributed by atoms with Crippen LogP contribution in [-0.2, 0) is 0 Å². The predicted octanol–water partition coefficient (Wildman–Crippen LogP) is 2.93. The Morgan fingerprint density at radius 2 is 2.11 bits per heavy atom. The van der Waals surface area contributed by atoms with E-state index < -0.39 is 0 Å². The molecule has 2 aromatic rings. The van der Waals surface area contributed by atoms with Crippen molar-refractivity contribution in [2.45, 2.75) is 25.8 Å². The molecule has 0 spiro atoms. The SMILES string of the molecule is CC(CN1CCCC1)n1c(N)nc2c(Cl)cccc21. The Hall–Kier alpha value is -1.26. The van der Waals surface area contributed by atoms with Crippen LogP contribution >= 0.6 is 11.6 Å². The standard InChI is InChI=1S/C14H19ClN4/c1-10(9-18-7-2-3-8-18)19-12-6-4-5-11(15)13(12)17-14(19)16/h4-6,10H,2-3,7-9H2,1H3,(H2,16,17). The van der Waals surface area contributed by atoms with Crippen LogP contribution in [0.5, 0.6) is 0 Å². The molecule has 3 rings (SSSR count). The fourth-order valence-corrected chi connectivity index (χ4v) is 3.20. The van der Waals surface area contributed by atoms with Crippen LogP contribution in [0.4, 0.5) is 5.95 Å². The van der Waals surface area contributed by atoms with Gasteiger partial charge in [0.15, 0.2) is 0 Å². The van der Waals surface area contributed by atoms with Gasteiger partial charge in [0.05, 0.1) is 10.5 Å². The Morgan fingerprint density at radius 3 is 2.84 bits per heavy atom. The van der Waals surface area contributed by atoms with Gasteiger partial charge in [-0.25, -0.2) is 4.98 Å². The van der Waals surface area contributed by atoms with Crippen LogP contribution in [-0.4, -0.2) is 34.1 Å². The molecule has 0 amide bonds. The summed E-state index contributed by atoms with van der Waals surface area (Å²) < 4.78 is 2.10. The lowest BCUT2D eigenvalue weighted by molar-refractivity contribution is 0.291. The number of nitrogen functional groups attached to an aromatic ring is 1. The molecule has 1 fully saturated rings. The first-order valence-electron chi connectivity index (χ1n) is 6.81. The van der Waals surface area contributed by atoms with Crippen LogP contribution in [0.1, 0.15) is 25.8 Å². The highest BCUT2D eigenvalue weighted by Crippen LogP contribution is 2.28. The van der Waals surface area contributed by atoms with E-state index in [1.165, 1.54) is 25.9 Å². The molecule has 5 heteroatoms. The van der Waals surface area contributed by atoms with Crippen LogP contribution in [0.2, 0.25) is 5.02 Å². The molecule has 1 saturated heterocycles. The van der Waals surface area contributed by atoms with E-state index in [2.05, 4.69) is 21.4 Å². The van der Waals surface area contributed by atoms with Gasteiger partial charge in [0.2, 0.25) is 5.95 Å². The van der Waals surface area contributed by atoms with Gasteiger partial charge in [-0.2, -0.15) is 0 Å². The molecule has 19 heavy (non-hydrogen) atoms. The third kappa shape index (κ3) is 2.30. The van der Waals surface area contributed by atoms with Crippen molar-refractivity contribution in [3.05, 3.63) is 23.2 Å². The van der Waals surface area contributed by atoms with Crippen molar-refractivity contribution >= 4 is 28.6 Å². The average Bonchev–Trinajstić information content (AvgIpc) is 2.96. The lowest BCUT2D eigenvalue weighted by atomic mass is 10.2. The van der Waals surface area contributed by atoms with Crippen molar-refractivity contribution in [1.82, 2.24) is 14.5 Å². The molecule has 1 atom stereocenters. The van der Waals surface area contributed by atoms with Crippen molar-refractivity contribution in [1.29, 1.82) is 0 Å². The summed E-state index contributed by atoms with van der Waals surface area (Å²) in [6.07, 6.45) is 2.61. The van der Waals surface area contributed by atoms with Gasteiger partial charge in [-0.15, -0.1) is 0 Å². The number of fused-ring (bicyclic) bond motifs is 1. The third-order valence-corrected chi connectivity index (χ3v) is 4.17. The first-order valence-corrected chi connectivity index (χ1v) is 7.19. The Balaban J connectivity index is 1.94. The molecule has 1 unspecified atom stereocenters. The van der Waals surface area contributed by atoms with E-state index in [4.69, 9.17) is 17.3 Å². The Bertz CT molecular complexity index is 586. The molecule has 102 valence electrons. The van der Waals surface area contributed by atoms with E-state index in [1.54, 1.807) is 0 Å². The summed E-state index contributed by atoms with van der Waals surface area (Å²) in [5.41, 5.74) is 7.90. The fourth-order valence-electron chi connectivity index (χ4n) is 2.98. The number of nitrogens with two attached hydrogens (primary N) is 1. The maximum Gasteiger partial charge on any atom is 0.201 e. The van der Waals surface area contributed by atoms with E-state index in [-0.39, 0.29) is 0 Å². The third-order valence-electron chi connectivity index (χ3n) is 3.86. The summed E-state index contributed by atoms with van der Waals surface area (Å²) in [6, 6.07) is 6.14. The summed E-state index contributed by atoms with van der Waals surface area (Å²) in [7, 11) is 0. The van der Waals surface area contributed by atoms with Crippen molar-refractivity contribution in [2.75, 3.05) is 25.4 Å². The van der Waals surface area contributed by atoms with Gasteiger partial charge in [0.1, 0.15) is 5.52 Å². The number of aromatic nitrogens is 2. The summed E-state index contributed by atoms with van der Waals surface area (Å²) in [5.74, 6) is 0.551. The van der Waals surface area contributed by atoms with Crippen molar-refractivity contribution in [2.24, 2.45) is 0 Å². The van der Waals surface area contributed by atoms with Crippen LogP contribution < -0.4 is 5.73 Å². The molecular formula is C14H19ClN4. The number of hydrogen-bond acceptors (Lipinski definition) is 3. The molecule has 1 aromatic carbocycles. The first kappa shape index (κ1) is 12.8. The average molecular weight is 279 g/mol. The highest BCUT2D eigenvalue weighted by Gasteiger charge is 2.19. The van der Waals surface area contributed by atoms with E-state index in [9.17, 15) is 0 Å². The monoisotopic (exact) mass is 278 g/mol. The number of benzene rings is 1. The minimum absolute atomic E-state index is 0.307. The second kappa shape index (κ2) is 5.02. The number of halogens is 1.